The van der Waals surface area contributed by atoms with Crippen LogP contribution in [-0.4, -0.2) is 36.7 Å². The van der Waals surface area contributed by atoms with E-state index < -0.39 is 22.0 Å². The Morgan fingerprint density at radius 1 is 0.939 bits per heavy atom. The smallest absolute Gasteiger partial charge is 0.252 e. The molecule has 0 aliphatic carbocycles. The van der Waals surface area contributed by atoms with Crippen molar-refractivity contribution in [1.82, 2.24) is 14.6 Å². The highest BCUT2D eigenvalue weighted by molar-refractivity contribution is 7.89. The van der Waals surface area contributed by atoms with Crippen LogP contribution in [0.1, 0.15) is 53.3 Å². The number of sulfonamides is 1. The quantitative estimate of drug-likeness (QED) is 0.545. The van der Waals surface area contributed by atoms with Crippen molar-refractivity contribution in [2.24, 2.45) is 0 Å². The lowest BCUT2D eigenvalue weighted by Gasteiger charge is -2.22. The molecule has 1 amide bonds. The zero-order valence-electron chi connectivity index (χ0n) is 18.2. The van der Waals surface area contributed by atoms with Gasteiger partial charge in [-0.15, -0.1) is 0 Å². The average molecular weight is 484 g/mol. The monoisotopic (exact) mass is 483 g/mol. The maximum atomic E-state index is 13.3. The van der Waals surface area contributed by atoms with Crippen molar-refractivity contribution in [1.29, 1.82) is 0 Å². The minimum atomic E-state index is -3.80. The molecule has 8 heteroatoms. The number of rotatable bonds is 6. The zero-order chi connectivity index (χ0) is 23.3. The van der Waals surface area contributed by atoms with Crippen molar-refractivity contribution in [2.75, 3.05) is 13.1 Å². The molecule has 1 fully saturated rings. The summed E-state index contributed by atoms with van der Waals surface area (Å²) in [4.78, 5) is 17.6. The van der Waals surface area contributed by atoms with Crippen LogP contribution < -0.4 is 5.32 Å². The van der Waals surface area contributed by atoms with Gasteiger partial charge in [-0.05, 0) is 48.7 Å². The van der Waals surface area contributed by atoms with Crippen LogP contribution in [0.15, 0.2) is 77.8 Å². The fraction of sp³-hybridized carbons (Fsp3) is 0.280. The molecule has 1 atom stereocenters. The van der Waals surface area contributed by atoms with Crippen LogP contribution in [0.4, 0.5) is 0 Å². The number of aromatic nitrogens is 1. The van der Waals surface area contributed by atoms with Gasteiger partial charge < -0.3 is 5.32 Å². The van der Waals surface area contributed by atoms with Crippen LogP contribution in [0.25, 0.3) is 0 Å². The topological polar surface area (TPSA) is 79.4 Å². The second kappa shape index (κ2) is 10.5. The summed E-state index contributed by atoms with van der Waals surface area (Å²) >= 11 is 6.30. The molecule has 3 aromatic rings. The first kappa shape index (κ1) is 23.4. The van der Waals surface area contributed by atoms with Crippen molar-refractivity contribution in [3.63, 3.8) is 0 Å². The van der Waals surface area contributed by atoms with Crippen LogP contribution in [0.3, 0.4) is 0 Å². The molecule has 4 rings (SSSR count). The number of hydrogen-bond donors (Lipinski definition) is 1. The van der Waals surface area contributed by atoms with E-state index in [-0.39, 0.29) is 15.5 Å². The van der Waals surface area contributed by atoms with Gasteiger partial charge in [-0.25, -0.2) is 8.42 Å². The molecule has 2 aromatic carbocycles. The summed E-state index contributed by atoms with van der Waals surface area (Å²) in [6.45, 7) is 0.926. The summed E-state index contributed by atoms with van der Waals surface area (Å²) in [5.41, 5.74) is 1.78. The lowest BCUT2D eigenvalue weighted by atomic mass is 10.0. The maximum absolute atomic E-state index is 13.3. The molecule has 1 unspecified atom stereocenters. The predicted molar refractivity (Wildman–Crippen MR) is 129 cm³/mol. The number of nitrogens with one attached hydrogen (secondary N) is 1. The van der Waals surface area contributed by atoms with E-state index in [2.05, 4.69) is 10.3 Å². The van der Waals surface area contributed by atoms with Crippen LogP contribution in [-0.2, 0) is 10.0 Å². The van der Waals surface area contributed by atoms with Gasteiger partial charge in [-0.1, -0.05) is 60.8 Å². The number of pyridine rings is 1. The number of benzene rings is 2. The average Bonchev–Trinajstić information content (AvgIpc) is 3.14. The summed E-state index contributed by atoms with van der Waals surface area (Å²) in [6.07, 6.45) is 5.33. The number of nitrogens with zero attached hydrogens (tertiary/aromatic N) is 2. The summed E-state index contributed by atoms with van der Waals surface area (Å²) < 4.78 is 28.1. The van der Waals surface area contributed by atoms with E-state index in [9.17, 15) is 13.2 Å². The third-order valence-corrected chi connectivity index (χ3v) is 8.15. The molecule has 6 nitrogen and oxygen atoms in total. The van der Waals surface area contributed by atoms with E-state index in [1.54, 1.807) is 12.3 Å². The molecule has 2 heterocycles. The molecule has 1 aromatic heterocycles. The van der Waals surface area contributed by atoms with Gasteiger partial charge in [0.1, 0.15) is 4.90 Å². The number of amides is 1. The van der Waals surface area contributed by atoms with E-state index in [0.717, 1.165) is 31.2 Å². The van der Waals surface area contributed by atoms with Gasteiger partial charge in [-0.3, -0.25) is 9.78 Å². The number of carbonyl (C=O) groups is 1. The minimum absolute atomic E-state index is 0.0344. The highest BCUT2D eigenvalue weighted by Crippen LogP contribution is 2.28. The van der Waals surface area contributed by atoms with Gasteiger partial charge >= 0.3 is 0 Å². The largest absolute Gasteiger partial charge is 0.340 e. The maximum Gasteiger partial charge on any atom is 0.252 e. The number of hydrogen-bond acceptors (Lipinski definition) is 4. The van der Waals surface area contributed by atoms with E-state index in [1.165, 1.54) is 16.4 Å². The Balaban J connectivity index is 1.64. The fourth-order valence-electron chi connectivity index (χ4n) is 4.00. The highest BCUT2D eigenvalue weighted by atomic mass is 35.5. The Morgan fingerprint density at radius 2 is 1.64 bits per heavy atom. The second-order valence-electron chi connectivity index (χ2n) is 8.04. The van der Waals surface area contributed by atoms with Crippen LogP contribution in [0, 0.1) is 0 Å². The molecule has 0 spiro atoms. The molecule has 1 saturated heterocycles. The normalized spacial score (nSPS) is 16.0. The first-order valence-electron chi connectivity index (χ1n) is 11.0. The number of carbonyl (C=O) groups excluding carboxylic acids is 1. The van der Waals surface area contributed by atoms with E-state index in [1.807, 2.05) is 48.5 Å². The lowest BCUT2D eigenvalue weighted by molar-refractivity contribution is 0.0942. The summed E-state index contributed by atoms with van der Waals surface area (Å²) in [6, 6.07) is 18.9. The summed E-state index contributed by atoms with van der Waals surface area (Å²) in [5.74, 6) is -0.404. The molecule has 0 bridgehead atoms. The minimum Gasteiger partial charge on any atom is -0.340 e. The predicted octanol–water partition coefficient (Wildman–Crippen LogP) is 4.82. The molecule has 0 saturated carbocycles. The van der Waals surface area contributed by atoms with Crippen molar-refractivity contribution < 1.29 is 13.2 Å². The summed E-state index contributed by atoms with van der Waals surface area (Å²) in [7, 11) is -3.80. The molecule has 33 heavy (non-hydrogen) atoms. The highest BCUT2D eigenvalue weighted by Gasteiger charge is 2.28. The van der Waals surface area contributed by atoms with Gasteiger partial charge in [0.15, 0.2) is 0 Å². The van der Waals surface area contributed by atoms with Crippen LogP contribution in [0.5, 0.6) is 0 Å². The Labute approximate surface area is 199 Å². The molecule has 1 aliphatic rings. The van der Waals surface area contributed by atoms with Gasteiger partial charge in [0.25, 0.3) is 5.91 Å². The van der Waals surface area contributed by atoms with Gasteiger partial charge in [0, 0.05) is 24.8 Å². The first-order valence-corrected chi connectivity index (χ1v) is 12.8. The Kier molecular flexibility index (Phi) is 7.42. The van der Waals surface area contributed by atoms with Gasteiger partial charge in [-0.2, -0.15) is 4.31 Å². The second-order valence-corrected chi connectivity index (χ2v) is 10.3. The SMILES string of the molecule is O=C(NC(c1ccccc1)c1ccccn1)c1ccc(Cl)c(S(=O)(=O)N2CCCCCC2)c1. The molecule has 1 aliphatic heterocycles. The standard InChI is InChI=1S/C25H26ClN3O3S/c26-21-14-13-20(18-23(21)33(31,32)29-16-8-1-2-9-17-29)25(30)28-24(19-10-4-3-5-11-19)22-12-6-7-15-27-22/h3-7,10-15,18,24H,1-2,8-9,16-17H2,(H,28,30). The zero-order valence-corrected chi connectivity index (χ0v) is 19.7. The summed E-state index contributed by atoms with van der Waals surface area (Å²) in [5, 5.41) is 3.11. The lowest BCUT2D eigenvalue weighted by Crippen LogP contribution is -2.33. The first-order chi connectivity index (χ1) is 16.0. The van der Waals surface area contributed by atoms with Crippen molar-refractivity contribution >= 4 is 27.5 Å². The van der Waals surface area contributed by atoms with Crippen LogP contribution in [0.2, 0.25) is 5.02 Å². The fourth-order valence-corrected chi connectivity index (χ4v) is 6.02. The van der Waals surface area contributed by atoms with E-state index >= 15 is 0 Å². The molecule has 1 N–H and O–H groups in total. The molecular weight excluding hydrogens is 458 g/mol. The van der Waals surface area contributed by atoms with E-state index in [4.69, 9.17) is 11.6 Å². The molecule has 0 radical (unpaired) electrons. The Bertz CT molecular complexity index is 1160. The van der Waals surface area contributed by atoms with Gasteiger partial charge in [0.2, 0.25) is 10.0 Å². The third-order valence-electron chi connectivity index (χ3n) is 5.77. The number of halogens is 1. The van der Waals surface area contributed by atoms with Crippen molar-refractivity contribution in [3.8, 4) is 0 Å². The van der Waals surface area contributed by atoms with Gasteiger partial charge in [0.05, 0.1) is 16.8 Å². The van der Waals surface area contributed by atoms with E-state index in [0.29, 0.717) is 18.8 Å². The van der Waals surface area contributed by atoms with Crippen molar-refractivity contribution in [2.45, 2.75) is 36.6 Å². The van der Waals surface area contributed by atoms with Crippen LogP contribution >= 0.6 is 11.6 Å². The Morgan fingerprint density at radius 3 is 2.30 bits per heavy atom. The molecule has 172 valence electrons. The molecular formula is C25H26ClN3O3S. The van der Waals surface area contributed by atoms with Crippen molar-refractivity contribution in [3.05, 3.63) is 94.8 Å². The Hall–Kier alpha value is -2.74. The third kappa shape index (κ3) is 5.43.